The van der Waals surface area contributed by atoms with E-state index in [1.807, 2.05) is 31.4 Å². The number of hydrogen-bond donors (Lipinski definition) is 2. The molecule has 0 aliphatic heterocycles. The standard InChI is InChI=1S/C12H14N4OS/c1-16-7-8(6-14-16)15-11-5-9(17-2)3-4-10(11)12(13)18/h3-7,15H,1-2H3,(H2,13,18). The largest absolute Gasteiger partial charge is 0.497 e. The van der Waals surface area contributed by atoms with Gasteiger partial charge >= 0.3 is 0 Å². The van der Waals surface area contributed by atoms with E-state index in [0.717, 1.165) is 22.7 Å². The zero-order valence-electron chi connectivity index (χ0n) is 10.2. The van der Waals surface area contributed by atoms with Crippen molar-refractivity contribution in [2.45, 2.75) is 0 Å². The van der Waals surface area contributed by atoms with Crippen LogP contribution < -0.4 is 15.8 Å². The molecule has 0 amide bonds. The molecule has 5 nitrogen and oxygen atoms in total. The van der Waals surface area contributed by atoms with Gasteiger partial charge in [0.25, 0.3) is 0 Å². The van der Waals surface area contributed by atoms with Crippen LogP contribution in [0.25, 0.3) is 0 Å². The lowest BCUT2D eigenvalue weighted by Crippen LogP contribution is -2.11. The maximum absolute atomic E-state index is 5.69. The Morgan fingerprint density at radius 3 is 2.83 bits per heavy atom. The SMILES string of the molecule is COc1ccc(C(N)=S)c(Nc2cnn(C)c2)c1. The summed E-state index contributed by atoms with van der Waals surface area (Å²) in [5, 5.41) is 7.31. The molecule has 2 aromatic rings. The first-order chi connectivity index (χ1) is 8.60. The monoisotopic (exact) mass is 262 g/mol. The van der Waals surface area contributed by atoms with Gasteiger partial charge in [-0.05, 0) is 12.1 Å². The van der Waals surface area contributed by atoms with Crippen LogP contribution in [0.5, 0.6) is 5.75 Å². The van der Waals surface area contributed by atoms with Gasteiger partial charge in [0, 0.05) is 24.9 Å². The lowest BCUT2D eigenvalue weighted by Gasteiger charge is -2.11. The Morgan fingerprint density at radius 2 is 2.28 bits per heavy atom. The van der Waals surface area contributed by atoms with Crippen molar-refractivity contribution in [2.24, 2.45) is 12.8 Å². The number of methoxy groups -OCH3 is 1. The fourth-order valence-electron chi connectivity index (χ4n) is 1.61. The van der Waals surface area contributed by atoms with Gasteiger partial charge in [-0.15, -0.1) is 0 Å². The van der Waals surface area contributed by atoms with E-state index in [0.29, 0.717) is 4.99 Å². The van der Waals surface area contributed by atoms with Crippen molar-refractivity contribution in [1.82, 2.24) is 9.78 Å². The Bertz CT molecular complexity index is 579. The van der Waals surface area contributed by atoms with Gasteiger partial charge < -0.3 is 15.8 Å². The van der Waals surface area contributed by atoms with Crippen LogP contribution in [-0.4, -0.2) is 21.9 Å². The van der Waals surface area contributed by atoms with E-state index in [4.69, 9.17) is 22.7 Å². The van der Waals surface area contributed by atoms with Crippen molar-refractivity contribution in [3.8, 4) is 5.75 Å². The third-order valence-electron chi connectivity index (χ3n) is 2.48. The first-order valence-corrected chi connectivity index (χ1v) is 5.74. The summed E-state index contributed by atoms with van der Waals surface area (Å²) in [4.78, 5) is 0.337. The molecular formula is C12H14N4OS. The third kappa shape index (κ3) is 2.60. The quantitative estimate of drug-likeness (QED) is 0.823. The molecule has 1 aromatic heterocycles. The number of benzene rings is 1. The summed E-state index contributed by atoms with van der Waals surface area (Å²) in [5.41, 5.74) is 8.13. The van der Waals surface area contributed by atoms with Gasteiger partial charge in [0.05, 0.1) is 24.7 Å². The summed E-state index contributed by atoms with van der Waals surface area (Å²) < 4.78 is 6.90. The Balaban J connectivity index is 2.37. The number of ether oxygens (including phenoxy) is 1. The molecule has 0 bridgehead atoms. The molecular weight excluding hydrogens is 248 g/mol. The summed E-state index contributed by atoms with van der Waals surface area (Å²) in [7, 11) is 3.47. The summed E-state index contributed by atoms with van der Waals surface area (Å²) in [6.45, 7) is 0. The van der Waals surface area contributed by atoms with Crippen LogP contribution in [0.1, 0.15) is 5.56 Å². The second-order valence-electron chi connectivity index (χ2n) is 3.80. The molecule has 0 fully saturated rings. The smallest absolute Gasteiger partial charge is 0.120 e. The lowest BCUT2D eigenvalue weighted by atomic mass is 10.1. The van der Waals surface area contributed by atoms with Gasteiger partial charge in [-0.25, -0.2) is 0 Å². The fraction of sp³-hybridized carbons (Fsp3) is 0.167. The normalized spacial score (nSPS) is 10.1. The molecule has 2 rings (SSSR count). The molecule has 0 radical (unpaired) electrons. The molecule has 0 atom stereocenters. The van der Waals surface area contributed by atoms with Gasteiger partial charge in [-0.2, -0.15) is 5.10 Å². The molecule has 94 valence electrons. The van der Waals surface area contributed by atoms with Crippen molar-refractivity contribution in [2.75, 3.05) is 12.4 Å². The summed E-state index contributed by atoms with van der Waals surface area (Å²) >= 11 is 5.03. The highest BCUT2D eigenvalue weighted by molar-refractivity contribution is 7.80. The Hall–Kier alpha value is -2.08. The van der Waals surface area contributed by atoms with E-state index < -0.39 is 0 Å². The molecule has 0 spiro atoms. The number of aromatic nitrogens is 2. The number of nitrogens with two attached hydrogens (primary N) is 1. The third-order valence-corrected chi connectivity index (χ3v) is 2.70. The van der Waals surface area contributed by atoms with Crippen LogP contribution in [-0.2, 0) is 7.05 Å². The number of rotatable bonds is 4. The zero-order chi connectivity index (χ0) is 13.1. The van der Waals surface area contributed by atoms with Gasteiger partial charge in [0.15, 0.2) is 0 Å². The lowest BCUT2D eigenvalue weighted by molar-refractivity contribution is 0.415. The summed E-state index contributed by atoms with van der Waals surface area (Å²) in [6, 6.07) is 5.50. The van der Waals surface area contributed by atoms with E-state index in [1.54, 1.807) is 18.0 Å². The maximum atomic E-state index is 5.69. The van der Waals surface area contributed by atoms with Crippen molar-refractivity contribution < 1.29 is 4.74 Å². The Labute approximate surface area is 111 Å². The second-order valence-corrected chi connectivity index (χ2v) is 4.24. The highest BCUT2D eigenvalue weighted by atomic mass is 32.1. The highest BCUT2D eigenvalue weighted by Gasteiger charge is 2.08. The van der Waals surface area contributed by atoms with Crippen LogP contribution >= 0.6 is 12.2 Å². The van der Waals surface area contributed by atoms with E-state index in [-0.39, 0.29) is 0 Å². The van der Waals surface area contributed by atoms with E-state index in [2.05, 4.69) is 10.4 Å². The van der Waals surface area contributed by atoms with Crippen LogP contribution in [0.15, 0.2) is 30.6 Å². The second kappa shape index (κ2) is 5.05. The predicted octanol–water partition coefficient (Wildman–Crippen LogP) is 1.81. The van der Waals surface area contributed by atoms with Crippen LogP contribution in [0.2, 0.25) is 0 Å². The van der Waals surface area contributed by atoms with E-state index in [1.165, 1.54) is 0 Å². The van der Waals surface area contributed by atoms with Crippen LogP contribution in [0, 0.1) is 0 Å². The first kappa shape index (κ1) is 12.4. The molecule has 1 heterocycles. The summed E-state index contributed by atoms with van der Waals surface area (Å²) in [5.74, 6) is 0.737. The summed E-state index contributed by atoms with van der Waals surface area (Å²) in [6.07, 6.45) is 3.59. The van der Waals surface area contributed by atoms with Gasteiger partial charge in [-0.3, -0.25) is 4.68 Å². The van der Waals surface area contributed by atoms with Crippen molar-refractivity contribution >= 4 is 28.6 Å². The number of anilines is 2. The number of nitrogens with one attached hydrogen (secondary N) is 1. The van der Waals surface area contributed by atoms with Crippen molar-refractivity contribution in [3.63, 3.8) is 0 Å². The number of hydrogen-bond acceptors (Lipinski definition) is 4. The molecule has 0 saturated heterocycles. The maximum Gasteiger partial charge on any atom is 0.120 e. The number of thiocarbonyl (C=S) groups is 1. The van der Waals surface area contributed by atoms with Crippen molar-refractivity contribution in [3.05, 3.63) is 36.2 Å². The number of aryl methyl sites for hydroxylation is 1. The Kier molecular flexibility index (Phi) is 3.47. The minimum absolute atomic E-state index is 0.337. The molecule has 0 unspecified atom stereocenters. The minimum Gasteiger partial charge on any atom is -0.497 e. The zero-order valence-corrected chi connectivity index (χ0v) is 11.0. The van der Waals surface area contributed by atoms with E-state index >= 15 is 0 Å². The fourth-order valence-corrected chi connectivity index (χ4v) is 1.79. The minimum atomic E-state index is 0.337. The van der Waals surface area contributed by atoms with Gasteiger partial charge in [0.2, 0.25) is 0 Å². The van der Waals surface area contributed by atoms with Crippen LogP contribution in [0.3, 0.4) is 0 Å². The molecule has 0 saturated carbocycles. The first-order valence-electron chi connectivity index (χ1n) is 5.33. The average Bonchev–Trinajstić information content (AvgIpc) is 2.74. The molecule has 0 aliphatic rings. The number of nitrogens with zero attached hydrogens (tertiary/aromatic N) is 2. The average molecular weight is 262 g/mol. The van der Waals surface area contributed by atoms with Gasteiger partial charge in [0.1, 0.15) is 10.7 Å². The molecule has 18 heavy (non-hydrogen) atoms. The molecule has 3 N–H and O–H groups in total. The predicted molar refractivity (Wildman–Crippen MR) is 75.4 cm³/mol. The topological polar surface area (TPSA) is 65.1 Å². The molecule has 0 aliphatic carbocycles. The van der Waals surface area contributed by atoms with Crippen molar-refractivity contribution in [1.29, 1.82) is 0 Å². The van der Waals surface area contributed by atoms with E-state index in [9.17, 15) is 0 Å². The van der Waals surface area contributed by atoms with Crippen LogP contribution in [0.4, 0.5) is 11.4 Å². The molecule has 6 heteroatoms. The Morgan fingerprint density at radius 1 is 1.50 bits per heavy atom. The van der Waals surface area contributed by atoms with Gasteiger partial charge in [-0.1, -0.05) is 12.2 Å². The highest BCUT2D eigenvalue weighted by Crippen LogP contribution is 2.25. The molecule has 1 aromatic carbocycles.